The van der Waals surface area contributed by atoms with Gasteiger partial charge in [0.2, 0.25) is 0 Å². The van der Waals surface area contributed by atoms with Gasteiger partial charge in [-0.05, 0) is 29.8 Å². The average Bonchev–Trinajstić information content (AvgIpc) is 2.61. The molecule has 0 atom stereocenters. The van der Waals surface area contributed by atoms with Crippen LogP contribution in [0.4, 0.5) is 11.4 Å². The van der Waals surface area contributed by atoms with Gasteiger partial charge in [-0.15, -0.1) is 0 Å². The number of morpholine rings is 1. The molecule has 1 N–H and O–H groups in total. The van der Waals surface area contributed by atoms with Crippen LogP contribution >= 0.6 is 11.6 Å². The predicted octanol–water partition coefficient (Wildman–Crippen LogP) is 3.80. The molecule has 1 fully saturated rings. The Morgan fingerprint density at radius 2 is 1.87 bits per heavy atom. The number of hydrogen-bond acceptors (Lipinski definition) is 4. The summed E-state index contributed by atoms with van der Waals surface area (Å²) in [4.78, 5) is 2.28. The maximum atomic E-state index is 6.45. The zero-order valence-electron chi connectivity index (χ0n) is 13.2. The second kappa shape index (κ2) is 7.57. The van der Waals surface area contributed by atoms with Crippen molar-refractivity contribution in [3.63, 3.8) is 0 Å². The summed E-state index contributed by atoms with van der Waals surface area (Å²) in [5.74, 6) is 0.866. The standard InChI is InChI=1S/C18H21ClN2O2/c1-22-15-7-5-14(6-8-15)13-20-17-4-2-3-16(19)18(17)21-9-11-23-12-10-21/h2-8,20H,9-13H2,1H3. The molecule has 1 saturated heterocycles. The van der Waals surface area contributed by atoms with Gasteiger partial charge in [-0.25, -0.2) is 0 Å². The second-order valence-electron chi connectivity index (χ2n) is 5.44. The lowest BCUT2D eigenvalue weighted by molar-refractivity contribution is 0.123. The van der Waals surface area contributed by atoms with Crippen LogP contribution in [0.5, 0.6) is 5.75 Å². The third-order valence-corrected chi connectivity index (χ3v) is 4.26. The fraction of sp³-hybridized carbons (Fsp3) is 0.333. The van der Waals surface area contributed by atoms with Gasteiger partial charge in [0.05, 0.1) is 36.7 Å². The molecular formula is C18H21ClN2O2. The molecule has 0 saturated carbocycles. The summed E-state index contributed by atoms with van der Waals surface area (Å²) < 4.78 is 10.6. The van der Waals surface area contributed by atoms with Gasteiger partial charge in [-0.3, -0.25) is 0 Å². The molecule has 122 valence electrons. The lowest BCUT2D eigenvalue weighted by atomic mass is 10.2. The van der Waals surface area contributed by atoms with Crippen molar-refractivity contribution in [2.24, 2.45) is 0 Å². The third-order valence-electron chi connectivity index (χ3n) is 3.96. The monoisotopic (exact) mass is 332 g/mol. The number of anilines is 2. The highest BCUT2D eigenvalue weighted by Gasteiger charge is 2.17. The van der Waals surface area contributed by atoms with Crippen molar-refractivity contribution < 1.29 is 9.47 Å². The molecule has 0 amide bonds. The zero-order valence-corrected chi connectivity index (χ0v) is 14.0. The Morgan fingerprint density at radius 3 is 2.57 bits per heavy atom. The van der Waals surface area contributed by atoms with Crippen LogP contribution in [0.3, 0.4) is 0 Å². The van der Waals surface area contributed by atoms with Crippen LogP contribution in [0.15, 0.2) is 42.5 Å². The van der Waals surface area contributed by atoms with Gasteiger partial charge in [-0.1, -0.05) is 29.8 Å². The summed E-state index contributed by atoms with van der Waals surface area (Å²) in [5.41, 5.74) is 3.31. The highest BCUT2D eigenvalue weighted by atomic mass is 35.5. The fourth-order valence-corrected chi connectivity index (χ4v) is 3.00. The summed E-state index contributed by atoms with van der Waals surface area (Å²) in [6, 6.07) is 14.0. The molecule has 4 nitrogen and oxygen atoms in total. The van der Waals surface area contributed by atoms with Gasteiger partial charge in [0.1, 0.15) is 5.75 Å². The van der Waals surface area contributed by atoms with Crippen LogP contribution in [0.25, 0.3) is 0 Å². The Balaban J connectivity index is 1.75. The van der Waals surface area contributed by atoms with Gasteiger partial charge < -0.3 is 19.7 Å². The minimum Gasteiger partial charge on any atom is -0.497 e. The van der Waals surface area contributed by atoms with Gasteiger partial charge in [0.15, 0.2) is 0 Å². The molecule has 0 spiro atoms. The Hall–Kier alpha value is -1.91. The van der Waals surface area contributed by atoms with Crippen molar-refractivity contribution in [3.8, 4) is 5.75 Å². The molecule has 0 bridgehead atoms. The lowest BCUT2D eigenvalue weighted by Crippen LogP contribution is -2.36. The molecule has 1 aliphatic rings. The SMILES string of the molecule is COc1ccc(CNc2cccc(Cl)c2N2CCOCC2)cc1. The maximum absolute atomic E-state index is 6.45. The molecule has 23 heavy (non-hydrogen) atoms. The number of methoxy groups -OCH3 is 1. The first kappa shape index (κ1) is 16.0. The first-order valence-corrected chi connectivity index (χ1v) is 8.14. The molecule has 0 aromatic heterocycles. The predicted molar refractivity (Wildman–Crippen MR) is 94.8 cm³/mol. The Morgan fingerprint density at radius 1 is 1.13 bits per heavy atom. The molecular weight excluding hydrogens is 312 g/mol. The van der Waals surface area contributed by atoms with E-state index in [1.807, 2.05) is 24.3 Å². The Bertz CT molecular complexity index is 640. The van der Waals surface area contributed by atoms with Gasteiger partial charge in [0, 0.05) is 19.6 Å². The zero-order chi connectivity index (χ0) is 16.1. The van der Waals surface area contributed by atoms with E-state index >= 15 is 0 Å². The van der Waals surface area contributed by atoms with Crippen LogP contribution in [0.1, 0.15) is 5.56 Å². The van der Waals surface area contributed by atoms with Gasteiger partial charge >= 0.3 is 0 Å². The van der Waals surface area contributed by atoms with Crippen molar-refractivity contribution in [2.75, 3.05) is 43.6 Å². The molecule has 5 heteroatoms. The van der Waals surface area contributed by atoms with E-state index in [2.05, 4.69) is 28.4 Å². The van der Waals surface area contributed by atoms with Crippen molar-refractivity contribution in [1.29, 1.82) is 0 Å². The number of nitrogens with zero attached hydrogens (tertiary/aromatic N) is 1. The first-order chi connectivity index (χ1) is 11.3. The number of para-hydroxylation sites is 1. The van der Waals surface area contributed by atoms with Crippen LogP contribution in [-0.4, -0.2) is 33.4 Å². The van der Waals surface area contributed by atoms with E-state index in [-0.39, 0.29) is 0 Å². The van der Waals surface area contributed by atoms with Crippen LogP contribution in [0, 0.1) is 0 Å². The average molecular weight is 333 g/mol. The summed E-state index contributed by atoms with van der Waals surface area (Å²) in [6.45, 7) is 3.94. The van der Waals surface area contributed by atoms with E-state index < -0.39 is 0 Å². The summed E-state index contributed by atoms with van der Waals surface area (Å²) >= 11 is 6.45. The lowest BCUT2D eigenvalue weighted by Gasteiger charge is -2.31. The molecule has 0 unspecified atom stereocenters. The van der Waals surface area contributed by atoms with E-state index in [0.29, 0.717) is 0 Å². The van der Waals surface area contributed by atoms with Crippen molar-refractivity contribution >= 4 is 23.0 Å². The maximum Gasteiger partial charge on any atom is 0.118 e. The molecule has 0 aliphatic carbocycles. The summed E-state index contributed by atoms with van der Waals surface area (Å²) in [6.07, 6.45) is 0. The molecule has 0 radical (unpaired) electrons. The Labute approximate surface area is 142 Å². The Kier molecular flexibility index (Phi) is 5.26. The van der Waals surface area contributed by atoms with Crippen molar-refractivity contribution in [1.82, 2.24) is 0 Å². The third kappa shape index (κ3) is 3.89. The number of ether oxygens (including phenoxy) is 2. The number of halogens is 1. The topological polar surface area (TPSA) is 33.7 Å². The molecule has 2 aromatic rings. The molecule has 2 aromatic carbocycles. The van der Waals surface area contributed by atoms with Gasteiger partial charge in [-0.2, -0.15) is 0 Å². The molecule has 3 rings (SSSR count). The normalized spacial score (nSPS) is 14.6. The van der Waals surface area contributed by atoms with Crippen LogP contribution < -0.4 is 15.0 Å². The van der Waals surface area contributed by atoms with E-state index in [0.717, 1.165) is 55.0 Å². The van der Waals surface area contributed by atoms with E-state index in [1.54, 1.807) is 7.11 Å². The van der Waals surface area contributed by atoms with Crippen molar-refractivity contribution in [3.05, 3.63) is 53.1 Å². The molecule has 1 aliphatic heterocycles. The minimum absolute atomic E-state index is 0.738. The van der Waals surface area contributed by atoms with Gasteiger partial charge in [0.25, 0.3) is 0 Å². The number of hydrogen-bond donors (Lipinski definition) is 1. The molecule has 1 heterocycles. The number of rotatable bonds is 5. The quantitative estimate of drug-likeness (QED) is 0.903. The number of benzene rings is 2. The summed E-state index contributed by atoms with van der Waals surface area (Å²) in [5, 5.41) is 4.27. The van der Waals surface area contributed by atoms with E-state index in [4.69, 9.17) is 21.1 Å². The van der Waals surface area contributed by atoms with Crippen LogP contribution in [0.2, 0.25) is 5.02 Å². The smallest absolute Gasteiger partial charge is 0.118 e. The minimum atomic E-state index is 0.738. The van der Waals surface area contributed by atoms with E-state index in [1.165, 1.54) is 5.56 Å². The fourth-order valence-electron chi connectivity index (χ4n) is 2.71. The van der Waals surface area contributed by atoms with Crippen LogP contribution in [-0.2, 0) is 11.3 Å². The van der Waals surface area contributed by atoms with Crippen molar-refractivity contribution in [2.45, 2.75) is 6.54 Å². The number of nitrogens with one attached hydrogen (secondary N) is 1. The van der Waals surface area contributed by atoms with E-state index in [9.17, 15) is 0 Å². The largest absolute Gasteiger partial charge is 0.497 e. The second-order valence-corrected chi connectivity index (χ2v) is 5.84. The summed E-state index contributed by atoms with van der Waals surface area (Å²) in [7, 11) is 1.67. The highest BCUT2D eigenvalue weighted by molar-refractivity contribution is 6.34. The highest BCUT2D eigenvalue weighted by Crippen LogP contribution is 2.34. The first-order valence-electron chi connectivity index (χ1n) is 7.76.